The van der Waals surface area contributed by atoms with Crippen LogP contribution in [0.15, 0.2) is 41.4 Å². The lowest BCUT2D eigenvalue weighted by atomic mass is 9.84. The highest BCUT2D eigenvalue weighted by molar-refractivity contribution is 14.0. The summed E-state index contributed by atoms with van der Waals surface area (Å²) >= 11 is 0. The van der Waals surface area contributed by atoms with E-state index in [9.17, 15) is 0 Å². The highest BCUT2D eigenvalue weighted by atomic mass is 127. The Kier molecular flexibility index (Phi) is 7.83. The fraction of sp³-hybridized carbons (Fsp3) is 0.381. The Hall–Kier alpha value is -2.36. The monoisotopic (exact) mass is 513 g/mol. The van der Waals surface area contributed by atoms with Crippen LogP contribution in [0.4, 0.5) is 5.69 Å². The summed E-state index contributed by atoms with van der Waals surface area (Å²) < 4.78 is 21.8. The van der Waals surface area contributed by atoms with Gasteiger partial charge in [0.15, 0.2) is 29.0 Å². The van der Waals surface area contributed by atoms with Gasteiger partial charge in [0.25, 0.3) is 0 Å². The summed E-state index contributed by atoms with van der Waals surface area (Å²) in [4.78, 5) is 4.52. The minimum atomic E-state index is -0.222. The van der Waals surface area contributed by atoms with E-state index in [1.54, 1.807) is 14.2 Å². The molecule has 0 unspecified atom stereocenters. The molecule has 0 fully saturated rings. The molecule has 1 aliphatic heterocycles. The van der Waals surface area contributed by atoms with Crippen molar-refractivity contribution in [3.8, 4) is 23.0 Å². The normalized spacial score (nSPS) is 13.3. The second-order valence-corrected chi connectivity index (χ2v) is 7.14. The number of rotatable bonds is 6. The van der Waals surface area contributed by atoms with E-state index in [1.807, 2.05) is 36.4 Å². The zero-order valence-electron chi connectivity index (χ0n) is 17.2. The molecule has 3 N–H and O–H groups in total. The first kappa shape index (κ1) is 22.9. The topological polar surface area (TPSA) is 87.3 Å². The predicted octanol–water partition coefficient (Wildman–Crippen LogP) is 3.80. The molecule has 3 rings (SSSR count). The number of guanidine groups is 1. The second-order valence-electron chi connectivity index (χ2n) is 7.14. The number of anilines is 1. The highest BCUT2D eigenvalue weighted by Crippen LogP contribution is 2.35. The van der Waals surface area contributed by atoms with Crippen molar-refractivity contribution in [3.63, 3.8) is 0 Å². The van der Waals surface area contributed by atoms with E-state index in [0.717, 1.165) is 22.7 Å². The van der Waals surface area contributed by atoms with Crippen molar-refractivity contribution in [1.82, 2.24) is 0 Å². The highest BCUT2D eigenvalue weighted by Gasteiger charge is 2.23. The first-order chi connectivity index (χ1) is 13.4. The van der Waals surface area contributed by atoms with Crippen molar-refractivity contribution in [3.05, 3.63) is 42.0 Å². The molecule has 0 atom stereocenters. The van der Waals surface area contributed by atoms with Gasteiger partial charge >= 0.3 is 0 Å². The van der Waals surface area contributed by atoms with Crippen LogP contribution in [0.1, 0.15) is 19.4 Å². The summed E-state index contributed by atoms with van der Waals surface area (Å²) in [5.74, 6) is 3.17. The molecule has 2 aromatic rings. The summed E-state index contributed by atoms with van der Waals surface area (Å²) in [5, 5.41) is 3.09. The molecule has 29 heavy (non-hydrogen) atoms. The van der Waals surface area contributed by atoms with Gasteiger partial charge in [-0.15, -0.1) is 24.0 Å². The third-order valence-electron chi connectivity index (χ3n) is 4.62. The van der Waals surface area contributed by atoms with E-state index in [1.165, 1.54) is 0 Å². The van der Waals surface area contributed by atoms with Gasteiger partial charge in [0, 0.05) is 17.2 Å². The smallest absolute Gasteiger partial charge is 0.193 e. The zero-order valence-corrected chi connectivity index (χ0v) is 19.5. The van der Waals surface area contributed by atoms with Crippen molar-refractivity contribution in [2.75, 3.05) is 39.3 Å². The quantitative estimate of drug-likeness (QED) is 0.347. The molecule has 0 amide bonds. The van der Waals surface area contributed by atoms with Crippen LogP contribution < -0.4 is 30.0 Å². The maximum atomic E-state index is 6.09. The van der Waals surface area contributed by atoms with Crippen molar-refractivity contribution in [2.45, 2.75) is 19.3 Å². The number of hydrogen-bond donors (Lipinski definition) is 2. The number of benzene rings is 2. The predicted molar refractivity (Wildman–Crippen MR) is 126 cm³/mol. The van der Waals surface area contributed by atoms with Gasteiger partial charge < -0.3 is 30.0 Å². The van der Waals surface area contributed by atoms with Gasteiger partial charge in [0.1, 0.15) is 13.2 Å². The summed E-state index contributed by atoms with van der Waals surface area (Å²) in [6.07, 6.45) is 0. The molecule has 2 aromatic carbocycles. The van der Waals surface area contributed by atoms with Crippen LogP contribution in [0.2, 0.25) is 0 Å². The van der Waals surface area contributed by atoms with E-state index in [4.69, 9.17) is 24.7 Å². The van der Waals surface area contributed by atoms with Gasteiger partial charge in [-0.05, 0) is 29.8 Å². The Morgan fingerprint density at radius 3 is 2.41 bits per heavy atom. The molecular weight excluding hydrogens is 485 g/mol. The molecule has 158 valence electrons. The summed E-state index contributed by atoms with van der Waals surface area (Å²) in [6.45, 7) is 5.89. The Morgan fingerprint density at radius 2 is 1.72 bits per heavy atom. The van der Waals surface area contributed by atoms with E-state index >= 15 is 0 Å². The molecule has 0 bridgehead atoms. The number of fused-ring (bicyclic) bond motifs is 1. The van der Waals surface area contributed by atoms with Gasteiger partial charge in [-0.3, -0.25) is 4.99 Å². The third-order valence-corrected chi connectivity index (χ3v) is 4.62. The average Bonchev–Trinajstić information content (AvgIpc) is 2.72. The van der Waals surface area contributed by atoms with Crippen LogP contribution in [0.3, 0.4) is 0 Å². The van der Waals surface area contributed by atoms with Crippen LogP contribution in [-0.2, 0) is 5.41 Å². The van der Waals surface area contributed by atoms with E-state index in [0.29, 0.717) is 37.2 Å². The van der Waals surface area contributed by atoms with Crippen LogP contribution in [-0.4, -0.2) is 39.9 Å². The SMILES string of the molecule is COc1ccc(NC(N)=NCC(C)(C)c2ccc3c(c2)OCCO3)cc1OC.I. The molecular formula is C21H28IN3O4. The van der Waals surface area contributed by atoms with E-state index < -0.39 is 0 Å². The molecule has 0 saturated carbocycles. The Morgan fingerprint density at radius 1 is 1.03 bits per heavy atom. The largest absolute Gasteiger partial charge is 0.493 e. The van der Waals surface area contributed by atoms with Crippen molar-refractivity contribution >= 4 is 35.6 Å². The number of nitrogens with two attached hydrogens (primary N) is 1. The number of aliphatic imine (C=N–C) groups is 1. The fourth-order valence-electron chi connectivity index (χ4n) is 2.94. The lowest BCUT2D eigenvalue weighted by Gasteiger charge is -2.26. The first-order valence-electron chi connectivity index (χ1n) is 9.12. The fourth-order valence-corrected chi connectivity index (χ4v) is 2.94. The van der Waals surface area contributed by atoms with Gasteiger partial charge in [-0.2, -0.15) is 0 Å². The maximum Gasteiger partial charge on any atom is 0.193 e. The number of ether oxygens (including phenoxy) is 4. The standard InChI is InChI=1S/C21H27N3O4.HI/c1-21(2,14-5-7-17-19(11-14)28-10-9-27-17)13-23-20(22)24-15-6-8-16(25-3)18(12-15)26-4;/h5-8,11-12H,9-10,13H2,1-4H3,(H3,22,23,24);1H. The number of nitrogens with one attached hydrogen (secondary N) is 1. The number of methoxy groups -OCH3 is 2. The third kappa shape index (κ3) is 5.59. The van der Waals surface area contributed by atoms with Crippen LogP contribution >= 0.6 is 24.0 Å². The second kappa shape index (κ2) is 9.91. The first-order valence-corrected chi connectivity index (χ1v) is 9.12. The Balaban J connectivity index is 0.00000300. The lowest BCUT2D eigenvalue weighted by Crippen LogP contribution is -2.28. The van der Waals surface area contributed by atoms with Gasteiger partial charge in [-0.25, -0.2) is 0 Å². The van der Waals surface area contributed by atoms with E-state index in [2.05, 4.69) is 24.2 Å². The summed E-state index contributed by atoms with van der Waals surface area (Å²) in [5.41, 5.74) is 7.75. The molecule has 0 aromatic heterocycles. The summed E-state index contributed by atoms with van der Waals surface area (Å²) in [7, 11) is 3.19. The summed E-state index contributed by atoms with van der Waals surface area (Å²) in [6, 6.07) is 11.5. The van der Waals surface area contributed by atoms with Crippen LogP contribution in [0, 0.1) is 0 Å². The van der Waals surface area contributed by atoms with E-state index in [-0.39, 0.29) is 29.4 Å². The minimum absolute atomic E-state index is 0. The molecule has 8 heteroatoms. The molecule has 1 aliphatic rings. The minimum Gasteiger partial charge on any atom is -0.493 e. The molecule has 0 saturated heterocycles. The Bertz CT molecular complexity index is 871. The Labute approximate surface area is 188 Å². The van der Waals surface area contributed by atoms with Crippen LogP contribution in [0.25, 0.3) is 0 Å². The molecule has 0 spiro atoms. The average molecular weight is 513 g/mol. The number of nitrogens with zero attached hydrogens (tertiary/aromatic N) is 1. The molecule has 1 heterocycles. The van der Waals surface area contributed by atoms with Crippen molar-refractivity contribution < 1.29 is 18.9 Å². The van der Waals surface area contributed by atoms with Gasteiger partial charge in [0.05, 0.1) is 20.8 Å². The zero-order chi connectivity index (χ0) is 20.1. The number of hydrogen-bond acceptors (Lipinski definition) is 5. The lowest BCUT2D eigenvalue weighted by molar-refractivity contribution is 0.171. The number of halogens is 1. The molecule has 0 aliphatic carbocycles. The van der Waals surface area contributed by atoms with Crippen LogP contribution in [0.5, 0.6) is 23.0 Å². The van der Waals surface area contributed by atoms with Crippen molar-refractivity contribution in [2.24, 2.45) is 10.7 Å². The van der Waals surface area contributed by atoms with Gasteiger partial charge in [0.2, 0.25) is 0 Å². The molecule has 7 nitrogen and oxygen atoms in total. The molecule has 0 radical (unpaired) electrons. The van der Waals surface area contributed by atoms with Gasteiger partial charge in [-0.1, -0.05) is 19.9 Å². The maximum absolute atomic E-state index is 6.09. The van der Waals surface area contributed by atoms with Crippen molar-refractivity contribution in [1.29, 1.82) is 0 Å².